The molecule has 1 aromatic carbocycles. The second kappa shape index (κ2) is 5.55. The van der Waals surface area contributed by atoms with E-state index in [0.717, 1.165) is 5.56 Å². The topological polar surface area (TPSA) is 67.0 Å². The minimum atomic E-state index is -0.258. The fourth-order valence-corrected chi connectivity index (χ4v) is 1.49. The van der Waals surface area contributed by atoms with Crippen molar-refractivity contribution in [2.75, 3.05) is 11.9 Å². The molecule has 2 N–H and O–H groups in total. The molecule has 0 fully saturated rings. The number of carbonyl (C=O) groups is 1. The Balaban J connectivity index is 1.87. The van der Waals surface area contributed by atoms with Gasteiger partial charge in [0.05, 0.1) is 6.20 Å². The van der Waals surface area contributed by atoms with Crippen LogP contribution in [0.5, 0.6) is 5.75 Å². The lowest BCUT2D eigenvalue weighted by molar-refractivity contribution is -0.118. The Labute approximate surface area is 109 Å². The van der Waals surface area contributed by atoms with Crippen molar-refractivity contribution >= 4 is 23.3 Å². The van der Waals surface area contributed by atoms with E-state index in [1.807, 2.05) is 6.92 Å². The second-order valence-corrected chi connectivity index (χ2v) is 4.13. The first kappa shape index (κ1) is 12.4. The number of hydrogen-bond acceptors (Lipinski definition) is 3. The molecule has 5 nitrogen and oxygen atoms in total. The van der Waals surface area contributed by atoms with Gasteiger partial charge in [-0.15, -0.1) is 0 Å². The van der Waals surface area contributed by atoms with Gasteiger partial charge in [-0.05, 0) is 30.7 Å². The van der Waals surface area contributed by atoms with Crippen molar-refractivity contribution in [2.45, 2.75) is 6.92 Å². The number of nitrogens with zero attached hydrogens (tertiary/aromatic N) is 1. The van der Waals surface area contributed by atoms with Crippen LogP contribution in [0.4, 0.5) is 5.82 Å². The Kier molecular flexibility index (Phi) is 3.84. The van der Waals surface area contributed by atoms with E-state index in [-0.39, 0.29) is 12.5 Å². The van der Waals surface area contributed by atoms with Gasteiger partial charge >= 0.3 is 0 Å². The minimum absolute atomic E-state index is 0.0694. The number of halogens is 1. The van der Waals surface area contributed by atoms with E-state index in [9.17, 15) is 4.79 Å². The number of aromatic amines is 1. The van der Waals surface area contributed by atoms with Gasteiger partial charge in [0.15, 0.2) is 6.61 Å². The predicted molar refractivity (Wildman–Crippen MR) is 68.9 cm³/mol. The quantitative estimate of drug-likeness (QED) is 0.892. The number of benzene rings is 1. The zero-order valence-corrected chi connectivity index (χ0v) is 10.5. The molecule has 1 aromatic heterocycles. The number of amides is 1. The average molecular weight is 266 g/mol. The molecule has 2 aromatic rings. The molecule has 0 atom stereocenters. The fraction of sp³-hybridized carbons (Fsp3) is 0.167. The molecule has 0 aliphatic carbocycles. The van der Waals surface area contributed by atoms with E-state index in [2.05, 4.69) is 15.5 Å². The molecular weight excluding hydrogens is 254 g/mol. The summed E-state index contributed by atoms with van der Waals surface area (Å²) < 4.78 is 5.35. The first-order chi connectivity index (χ1) is 8.65. The van der Waals surface area contributed by atoms with E-state index in [1.54, 1.807) is 30.5 Å². The van der Waals surface area contributed by atoms with Crippen molar-refractivity contribution in [1.29, 1.82) is 0 Å². The number of carbonyl (C=O) groups excluding carboxylic acids is 1. The van der Waals surface area contributed by atoms with Gasteiger partial charge in [-0.2, -0.15) is 5.10 Å². The molecule has 94 valence electrons. The highest BCUT2D eigenvalue weighted by molar-refractivity contribution is 6.31. The SMILES string of the molecule is Cc1cc(OCC(=O)Nc2ccn[nH]2)ccc1Cl. The molecule has 0 unspecified atom stereocenters. The molecule has 2 rings (SSSR count). The van der Waals surface area contributed by atoms with Crippen LogP contribution < -0.4 is 10.1 Å². The third kappa shape index (κ3) is 3.24. The molecule has 0 spiro atoms. The third-order valence-electron chi connectivity index (χ3n) is 2.27. The van der Waals surface area contributed by atoms with Crippen LogP contribution in [-0.4, -0.2) is 22.7 Å². The van der Waals surface area contributed by atoms with Gasteiger partial charge in [0.25, 0.3) is 5.91 Å². The van der Waals surface area contributed by atoms with Crippen LogP contribution in [0, 0.1) is 6.92 Å². The van der Waals surface area contributed by atoms with Crippen LogP contribution in [0.3, 0.4) is 0 Å². The summed E-state index contributed by atoms with van der Waals surface area (Å²) >= 11 is 5.89. The summed E-state index contributed by atoms with van der Waals surface area (Å²) in [5.41, 5.74) is 0.906. The largest absolute Gasteiger partial charge is 0.484 e. The predicted octanol–water partition coefficient (Wildman–Crippen LogP) is 2.39. The van der Waals surface area contributed by atoms with Crippen LogP contribution >= 0.6 is 11.6 Å². The Hall–Kier alpha value is -2.01. The summed E-state index contributed by atoms with van der Waals surface area (Å²) in [5, 5.41) is 9.63. The van der Waals surface area contributed by atoms with Gasteiger partial charge in [-0.1, -0.05) is 11.6 Å². The smallest absolute Gasteiger partial charge is 0.263 e. The summed E-state index contributed by atoms with van der Waals surface area (Å²) in [4.78, 5) is 11.5. The molecule has 0 aliphatic rings. The van der Waals surface area contributed by atoms with Crippen molar-refractivity contribution in [1.82, 2.24) is 10.2 Å². The zero-order chi connectivity index (χ0) is 13.0. The van der Waals surface area contributed by atoms with E-state index < -0.39 is 0 Å². The van der Waals surface area contributed by atoms with Crippen LogP contribution in [0.1, 0.15) is 5.56 Å². The highest BCUT2D eigenvalue weighted by Crippen LogP contribution is 2.20. The molecule has 1 heterocycles. The van der Waals surface area contributed by atoms with Gasteiger partial charge < -0.3 is 10.1 Å². The molecule has 0 aliphatic heterocycles. The number of aromatic nitrogens is 2. The van der Waals surface area contributed by atoms with Crippen molar-refractivity contribution in [3.63, 3.8) is 0 Å². The number of rotatable bonds is 4. The molecular formula is C12H12ClN3O2. The van der Waals surface area contributed by atoms with Gasteiger partial charge in [0.2, 0.25) is 0 Å². The maximum absolute atomic E-state index is 11.5. The molecule has 1 amide bonds. The number of hydrogen-bond donors (Lipinski definition) is 2. The molecule has 0 saturated carbocycles. The number of anilines is 1. The standard InChI is InChI=1S/C12H12ClN3O2/c1-8-6-9(2-3-10(8)13)18-7-12(17)15-11-4-5-14-16-11/h2-6H,7H2,1H3,(H2,14,15,16,17). The molecule has 0 radical (unpaired) electrons. The number of aryl methyl sites for hydroxylation is 1. The van der Waals surface area contributed by atoms with Crippen molar-refractivity contribution in [3.8, 4) is 5.75 Å². The summed E-state index contributed by atoms with van der Waals surface area (Å²) in [6.45, 7) is 1.81. The zero-order valence-electron chi connectivity index (χ0n) is 9.74. The lowest BCUT2D eigenvalue weighted by Gasteiger charge is -2.07. The van der Waals surface area contributed by atoms with Crippen molar-refractivity contribution in [2.24, 2.45) is 0 Å². The van der Waals surface area contributed by atoms with Crippen LogP contribution in [0.15, 0.2) is 30.5 Å². The molecule has 6 heteroatoms. The molecule has 0 saturated heterocycles. The van der Waals surface area contributed by atoms with Crippen LogP contribution in [-0.2, 0) is 4.79 Å². The van der Waals surface area contributed by atoms with Gasteiger partial charge in [0, 0.05) is 11.1 Å². The first-order valence-corrected chi connectivity index (χ1v) is 5.71. The lowest BCUT2D eigenvalue weighted by Crippen LogP contribution is -2.20. The monoisotopic (exact) mass is 265 g/mol. The van der Waals surface area contributed by atoms with E-state index in [4.69, 9.17) is 16.3 Å². The minimum Gasteiger partial charge on any atom is -0.484 e. The Bertz CT molecular complexity index is 540. The summed E-state index contributed by atoms with van der Waals surface area (Å²) in [7, 11) is 0. The lowest BCUT2D eigenvalue weighted by atomic mass is 10.2. The fourth-order valence-electron chi connectivity index (χ4n) is 1.37. The first-order valence-electron chi connectivity index (χ1n) is 5.33. The Morgan fingerprint density at radius 3 is 3.00 bits per heavy atom. The summed E-state index contributed by atoms with van der Waals surface area (Å²) in [6, 6.07) is 6.90. The second-order valence-electron chi connectivity index (χ2n) is 3.72. The van der Waals surface area contributed by atoms with Gasteiger partial charge in [-0.3, -0.25) is 9.89 Å². The molecule has 0 bridgehead atoms. The number of ether oxygens (including phenoxy) is 1. The van der Waals surface area contributed by atoms with Crippen molar-refractivity contribution < 1.29 is 9.53 Å². The van der Waals surface area contributed by atoms with E-state index in [1.165, 1.54) is 0 Å². The maximum atomic E-state index is 11.5. The van der Waals surface area contributed by atoms with Crippen LogP contribution in [0.25, 0.3) is 0 Å². The summed E-state index contributed by atoms with van der Waals surface area (Å²) in [6.07, 6.45) is 1.55. The van der Waals surface area contributed by atoms with Crippen LogP contribution in [0.2, 0.25) is 5.02 Å². The van der Waals surface area contributed by atoms with Gasteiger partial charge in [0.1, 0.15) is 11.6 Å². The molecule has 18 heavy (non-hydrogen) atoms. The highest BCUT2D eigenvalue weighted by Gasteiger charge is 2.05. The highest BCUT2D eigenvalue weighted by atomic mass is 35.5. The van der Waals surface area contributed by atoms with Crippen molar-refractivity contribution in [3.05, 3.63) is 41.0 Å². The average Bonchev–Trinajstić information content (AvgIpc) is 2.83. The maximum Gasteiger partial charge on any atom is 0.263 e. The Morgan fingerprint density at radius 1 is 1.50 bits per heavy atom. The summed E-state index contributed by atoms with van der Waals surface area (Å²) in [5.74, 6) is 0.888. The number of H-pyrrole nitrogens is 1. The van der Waals surface area contributed by atoms with E-state index >= 15 is 0 Å². The number of nitrogens with one attached hydrogen (secondary N) is 2. The normalized spacial score (nSPS) is 10.1. The van der Waals surface area contributed by atoms with Gasteiger partial charge in [-0.25, -0.2) is 0 Å². The Morgan fingerprint density at radius 2 is 2.33 bits per heavy atom. The van der Waals surface area contributed by atoms with E-state index in [0.29, 0.717) is 16.6 Å². The third-order valence-corrected chi connectivity index (χ3v) is 2.70.